The molecule has 0 bridgehead atoms. The van der Waals surface area contributed by atoms with Gasteiger partial charge in [0.2, 0.25) is 0 Å². The number of cyclic esters (lactones) is 1. The number of benzene rings is 2. The maximum atomic E-state index is 13.9. The third-order valence-corrected chi connectivity index (χ3v) is 9.19. The molecule has 1 amide bonds. The average Bonchev–Trinajstić information content (AvgIpc) is 3.72. The summed E-state index contributed by atoms with van der Waals surface area (Å²) in [6.45, 7) is -0.553. The quantitative estimate of drug-likeness (QED) is 0.255. The molecule has 2 aromatic carbocycles. The number of hydrogen-bond donors (Lipinski definition) is 1. The summed E-state index contributed by atoms with van der Waals surface area (Å²) < 4.78 is 134. The van der Waals surface area contributed by atoms with Crippen molar-refractivity contribution in [2.75, 3.05) is 13.7 Å². The van der Waals surface area contributed by atoms with Gasteiger partial charge in [-0.15, -0.1) is 0 Å². The normalized spacial score (nSPS) is 22.3. The van der Waals surface area contributed by atoms with Gasteiger partial charge in [-0.05, 0) is 85.0 Å². The van der Waals surface area contributed by atoms with Gasteiger partial charge in [0.25, 0.3) is 0 Å². The van der Waals surface area contributed by atoms with Crippen LogP contribution in [0.1, 0.15) is 71.3 Å². The second-order valence-electron chi connectivity index (χ2n) is 12.2. The summed E-state index contributed by atoms with van der Waals surface area (Å²) >= 11 is 0. The van der Waals surface area contributed by atoms with Crippen LogP contribution in [0.5, 0.6) is 5.75 Å². The molecule has 1 saturated heterocycles. The molecule has 1 aromatic heterocycles. The minimum absolute atomic E-state index is 0.0270. The fourth-order valence-electron chi connectivity index (χ4n) is 6.51. The monoisotopic (exact) mass is 674 g/mol. The summed E-state index contributed by atoms with van der Waals surface area (Å²) in [7, 11) is 1.37. The van der Waals surface area contributed by atoms with Crippen molar-refractivity contribution in [2.45, 2.75) is 68.3 Å². The number of alkyl halides is 9. The van der Waals surface area contributed by atoms with Crippen LogP contribution in [0.4, 0.5) is 44.3 Å². The Labute approximate surface area is 262 Å². The molecule has 1 N–H and O–H groups in total. The van der Waals surface area contributed by atoms with Gasteiger partial charge < -0.3 is 14.6 Å². The Balaban J connectivity index is 1.41. The molecule has 2 saturated carbocycles. The van der Waals surface area contributed by atoms with E-state index in [0.717, 1.165) is 16.5 Å². The molecule has 1 unspecified atom stereocenters. The topological polar surface area (TPSA) is 71.9 Å². The standard InChI is InChI=1S/C32H27F9N2O4/c1-46-25-4-2-17(18-8-16(9-18)15-44)12-23(25)22-3-5-26(32(39,40)41)42-24(22)14-43-28(45)47-27(29(43)6-7-29)19-10-20(30(33,34)35)13-21(11-19)31(36,37)38/h2-5,10-13,16,18,27,44H,6-9,14-15H2,1H3. The van der Waals surface area contributed by atoms with Gasteiger partial charge in [-0.3, -0.25) is 4.90 Å². The van der Waals surface area contributed by atoms with Crippen LogP contribution in [-0.4, -0.2) is 40.3 Å². The lowest BCUT2D eigenvalue weighted by atomic mass is 9.71. The largest absolute Gasteiger partial charge is 0.496 e. The Morgan fingerprint density at radius 3 is 2.04 bits per heavy atom. The Kier molecular flexibility index (Phi) is 7.92. The zero-order valence-electron chi connectivity index (χ0n) is 24.6. The van der Waals surface area contributed by atoms with Gasteiger partial charge in [0.15, 0.2) is 6.10 Å². The van der Waals surface area contributed by atoms with Crippen molar-refractivity contribution < 1.29 is 58.9 Å². The molecule has 3 aliphatic rings. The minimum Gasteiger partial charge on any atom is -0.496 e. The second kappa shape index (κ2) is 11.3. The molecule has 3 fully saturated rings. The van der Waals surface area contributed by atoms with Gasteiger partial charge in [0, 0.05) is 17.7 Å². The van der Waals surface area contributed by atoms with E-state index in [4.69, 9.17) is 9.47 Å². The molecule has 6 nitrogen and oxygen atoms in total. The predicted molar refractivity (Wildman–Crippen MR) is 147 cm³/mol. The van der Waals surface area contributed by atoms with E-state index in [1.165, 1.54) is 13.2 Å². The first-order chi connectivity index (χ1) is 21.9. The van der Waals surface area contributed by atoms with E-state index in [2.05, 4.69) is 4.98 Å². The molecule has 6 rings (SSSR count). The molecule has 252 valence electrons. The van der Waals surface area contributed by atoms with Gasteiger partial charge in [-0.2, -0.15) is 39.5 Å². The molecule has 1 atom stereocenters. The number of ether oxygens (including phenoxy) is 2. The Hall–Kier alpha value is -4.01. The Morgan fingerprint density at radius 2 is 1.51 bits per heavy atom. The highest BCUT2D eigenvalue weighted by molar-refractivity contribution is 5.76. The fourth-order valence-corrected chi connectivity index (χ4v) is 6.51. The van der Waals surface area contributed by atoms with E-state index in [1.54, 1.807) is 12.1 Å². The number of amides is 1. The van der Waals surface area contributed by atoms with E-state index in [9.17, 15) is 49.4 Å². The highest BCUT2D eigenvalue weighted by Gasteiger charge is 2.64. The summed E-state index contributed by atoms with van der Waals surface area (Å²) in [4.78, 5) is 18.1. The molecule has 1 spiro atoms. The number of rotatable bonds is 7. The molecule has 2 aliphatic carbocycles. The van der Waals surface area contributed by atoms with E-state index in [1.807, 2.05) is 6.07 Å². The van der Waals surface area contributed by atoms with Gasteiger partial charge in [-0.25, -0.2) is 9.78 Å². The van der Waals surface area contributed by atoms with Crippen LogP contribution in [0.3, 0.4) is 0 Å². The first-order valence-corrected chi connectivity index (χ1v) is 14.6. The Morgan fingerprint density at radius 1 is 0.872 bits per heavy atom. The van der Waals surface area contributed by atoms with Crippen molar-refractivity contribution in [3.05, 3.63) is 82.2 Å². The van der Waals surface area contributed by atoms with E-state index in [-0.39, 0.29) is 48.6 Å². The lowest BCUT2D eigenvalue weighted by Gasteiger charge is -2.34. The number of aliphatic hydroxyl groups is 1. The number of aromatic nitrogens is 1. The second-order valence-corrected chi connectivity index (χ2v) is 12.2. The van der Waals surface area contributed by atoms with Crippen LogP contribution in [0, 0.1) is 5.92 Å². The summed E-state index contributed by atoms with van der Waals surface area (Å²) in [6, 6.07) is 8.10. The highest BCUT2D eigenvalue weighted by atomic mass is 19.4. The maximum Gasteiger partial charge on any atom is 0.433 e. The van der Waals surface area contributed by atoms with Crippen molar-refractivity contribution in [2.24, 2.45) is 5.92 Å². The number of carbonyl (C=O) groups is 1. The smallest absolute Gasteiger partial charge is 0.433 e. The first kappa shape index (κ1) is 32.9. The molecule has 2 heterocycles. The third-order valence-electron chi connectivity index (χ3n) is 9.19. The van der Waals surface area contributed by atoms with Gasteiger partial charge >= 0.3 is 24.6 Å². The number of aliphatic hydroxyl groups excluding tert-OH is 1. The van der Waals surface area contributed by atoms with Crippen molar-refractivity contribution >= 4 is 6.09 Å². The van der Waals surface area contributed by atoms with Crippen LogP contribution < -0.4 is 4.74 Å². The predicted octanol–water partition coefficient (Wildman–Crippen LogP) is 8.53. The van der Waals surface area contributed by atoms with Gasteiger partial charge in [0.1, 0.15) is 11.4 Å². The van der Waals surface area contributed by atoms with E-state index >= 15 is 0 Å². The molecular formula is C32H27F9N2O4. The number of pyridine rings is 1. The lowest BCUT2D eigenvalue weighted by Crippen LogP contribution is -2.36. The van der Waals surface area contributed by atoms with Crippen LogP contribution in [0.25, 0.3) is 11.1 Å². The zero-order valence-corrected chi connectivity index (χ0v) is 24.6. The summed E-state index contributed by atoms with van der Waals surface area (Å²) in [6.07, 6.45) is -16.2. The number of methoxy groups -OCH3 is 1. The van der Waals surface area contributed by atoms with Crippen LogP contribution in [-0.2, 0) is 29.8 Å². The lowest BCUT2D eigenvalue weighted by molar-refractivity contribution is -0.143. The van der Waals surface area contributed by atoms with Gasteiger partial charge in [-0.1, -0.05) is 12.1 Å². The third kappa shape index (κ3) is 6.09. The highest BCUT2D eigenvalue weighted by Crippen LogP contribution is 2.58. The van der Waals surface area contributed by atoms with E-state index < -0.39 is 65.2 Å². The van der Waals surface area contributed by atoms with Crippen molar-refractivity contribution in [3.8, 4) is 16.9 Å². The zero-order chi connectivity index (χ0) is 34.1. The Bertz CT molecular complexity index is 1660. The fraction of sp³-hybridized carbons (Fsp3) is 0.438. The average molecular weight is 675 g/mol. The van der Waals surface area contributed by atoms with Crippen molar-refractivity contribution in [1.29, 1.82) is 0 Å². The van der Waals surface area contributed by atoms with Crippen LogP contribution in [0.2, 0.25) is 0 Å². The molecule has 3 aromatic rings. The summed E-state index contributed by atoms with van der Waals surface area (Å²) in [5.41, 5.74) is -5.20. The number of halogens is 9. The number of nitrogens with zero attached hydrogens (tertiary/aromatic N) is 2. The van der Waals surface area contributed by atoms with Crippen molar-refractivity contribution in [1.82, 2.24) is 9.88 Å². The number of hydrogen-bond acceptors (Lipinski definition) is 5. The summed E-state index contributed by atoms with van der Waals surface area (Å²) in [5, 5.41) is 9.43. The molecule has 15 heteroatoms. The molecular weight excluding hydrogens is 647 g/mol. The van der Waals surface area contributed by atoms with Crippen molar-refractivity contribution in [3.63, 3.8) is 0 Å². The summed E-state index contributed by atoms with van der Waals surface area (Å²) in [5.74, 6) is 0.503. The number of carbonyl (C=O) groups excluding carboxylic acids is 1. The van der Waals surface area contributed by atoms with E-state index in [0.29, 0.717) is 36.3 Å². The van der Waals surface area contributed by atoms with Crippen LogP contribution >= 0.6 is 0 Å². The first-order valence-electron chi connectivity index (χ1n) is 14.6. The molecule has 47 heavy (non-hydrogen) atoms. The SMILES string of the molecule is COc1ccc(C2CC(CO)C2)cc1-c1ccc(C(F)(F)F)nc1CN1C(=O)OC(c2cc(C(F)(F)F)cc(C(F)(F)F)c2)C12CC2. The van der Waals surface area contributed by atoms with Gasteiger partial charge in [0.05, 0.1) is 36.0 Å². The van der Waals surface area contributed by atoms with Crippen LogP contribution in [0.15, 0.2) is 48.5 Å². The minimum atomic E-state index is -5.14. The molecule has 0 radical (unpaired) electrons. The molecule has 1 aliphatic heterocycles. The maximum absolute atomic E-state index is 13.9.